The maximum Gasteiger partial charge on any atom is 0.269 e. The summed E-state index contributed by atoms with van der Waals surface area (Å²) in [7, 11) is 0. The minimum absolute atomic E-state index is 0.0676. The molecule has 0 spiro atoms. The Morgan fingerprint density at radius 3 is 2.42 bits per heavy atom. The first-order valence-electron chi connectivity index (χ1n) is 8.16. The highest BCUT2D eigenvalue weighted by Gasteiger charge is 2.08. The number of thiophene rings is 1. The SMILES string of the molecule is CC(C)CC(=O)Nc1ccc(C(=O)NNC(=O)C=Cc2cccs2)cc1. The summed E-state index contributed by atoms with van der Waals surface area (Å²) in [6.07, 6.45) is 3.45. The van der Waals surface area contributed by atoms with Crippen LogP contribution >= 0.6 is 11.3 Å². The molecule has 136 valence electrons. The second-order valence-electron chi connectivity index (χ2n) is 6.02. The standard InChI is InChI=1S/C19H21N3O3S/c1-13(2)12-18(24)20-15-7-5-14(6-8-15)19(25)22-21-17(23)10-9-16-4-3-11-26-16/h3-11,13H,12H2,1-2H3,(H,20,24)(H,21,23)(H,22,25). The summed E-state index contributed by atoms with van der Waals surface area (Å²) >= 11 is 1.51. The van der Waals surface area contributed by atoms with Gasteiger partial charge < -0.3 is 5.32 Å². The van der Waals surface area contributed by atoms with Gasteiger partial charge >= 0.3 is 0 Å². The highest BCUT2D eigenvalue weighted by atomic mass is 32.1. The van der Waals surface area contributed by atoms with Crippen LogP contribution in [0.2, 0.25) is 0 Å². The Hall–Kier alpha value is -2.93. The van der Waals surface area contributed by atoms with Gasteiger partial charge in [0.05, 0.1) is 0 Å². The van der Waals surface area contributed by atoms with Crippen LogP contribution < -0.4 is 16.2 Å². The zero-order valence-electron chi connectivity index (χ0n) is 14.6. The average molecular weight is 371 g/mol. The molecule has 0 aliphatic rings. The molecule has 0 saturated carbocycles. The largest absolute Gasteiger partial charge is 0.326 e. The van der Waals surface area contributed by atoms with Crippen LogP contribution in [0.5, 0.6) is 0 Å². The van der Waals surface area contributed by atoms with Gasteiger partial charge in [0.1, 0.15) is 0 Å². The quantitative estimate of drug-likeness (QED) is 0.538. The minimum Gasteiger partial charge on any atom is -0.326 e. The molecule has 26 heavy (non-hydrogen) atoms. The summed E-state index contributed by atoms with van der Waals surface area (Å²) in [6, 6.07) is 10.2. The van der Waals surface area contributed by atoms with Crippen molar-refractivity contribution < 1.29 is 14.4 Å². The fourth-order valence-corrected chi connectivity index (χ4v) is 2.68. The topological polar surface area (TPSA) is 87.3 Å². The van der Waals surface area contributed by atoms with Crippen LogP contribution in [-0.2, 0) is 9.59 Å². The average Bonchev–Trinajstić information content (AvgIpc) is 3.11. The lowest BCUT2D eigenvalue weighted by atomic mass is 10.1. The highest BCUT2D eigenvalue weighted by Crippen LogP contribution is 2.11. The Kier molecular flexibility index (Phi) is 7.11. The van der Waals surface area contributed by atoms with E-state index in [1.165, 1.54) is 17.4 Å². The van der Waals surface area contributed by atoms with Crippen LogP contribution in [0.25, 0.3) is 6.08 Å². The molecule has 0 atom stereocenters. The molecule has 0 bridgehead atoms. The van der Waals surface area contributed by atoms with E-state index >= 15 is 0 Å². The van der Waals surface area contributed by atoms with E-state index in [1.807, 2.05) is 31.4 Å². The second-order valence-corrected chi connectivity index (χ2v) is 6.99. The van der Waals surface area contributed by atoms with Gasteiger partial charge in [0.2, 0.25) is 5.91 Å². The van der Waals surface area contributed by atoms with Crippen molar-refractivity contribution >= 4 is 40.8 Å². The van der Waals surface area contributed by atoms with E-state index in [4.69, 9.17) is 0 Å². The smallest absolute Gasteiger partial charge is 0.269 e. The number of nitrogens with one attached hydrogen (secondary N) is 3. The summed E-state index contributed by atoms with van der Waals surface area (Å²) in [4.78, 5) is 36.4. The van der Waals surface area contributed by atoms with E-state index in [2.05, 4.69) is 16.2 Å². The van der Waals surface area contributed by atoms with Crippen LogP contribution in [0.3, 0.4) is 0 Å². The predicted octanol–water partition coefficient (Wildman–Crippen LogP) is 3.21. The molecule has 0 unspecified atom stereocenters. The zero-order chi connectivity index (χ0) is 18.9. The maximum atomic E-state index is 12.0. The molecular weight excluding hydrogens is 350 g/mol. The molecule has 0 aliphatic carbocycles. The molecule has 0 fully saturated rings. The molecule has 0 radical (unpaired) electrons. The van der Waals surface area contributed by atoms with Gasteiger partial charge in [0, 0.05) is 28.6 Å². The third-order valence-electron chi connectivity index (χ3n) is 3.27. The van der Waals surface area contributed by atoms with Gasteiger partial charge in [0.25, 0.3) is 11.8 Å². The lowest BCUT2D eigenvalue weighted by Crippen LogP contribution is -2.40. The Morgan fingerprint density at radius 1 is 1.08 bits per heavy atom. The number of rotatable bonds is 6. The van der Waals surface area contributed by atoms with E-state index in [1.54, 1.807) is 30.3 Å². The van der Waals surface area contributed by atoms with Crippen LogP contribution in [0.1, 0.15) is 35.5 Å². The molecule has 6 nitrogen and oxygen atoms in total. The molecule has 1 aromatic heterocycles. The van der Waals surface area contributed by atoms with Crippen LogP contribution in [-0.4, -0.2) is 17.7 Å². The lowest BCUT2D eigenvalue weighted by Gasteiger charge is -2.08. The molecular formula is C19H21N3O3S. The van der Waals surface area contributed by atoms with Gasteiger partial charge in [-0.25, -0.2) is 0 Å². The summed E-state index contributed by atoms with van der Waals surface area (Å²) in [5.41, 5.74) is 5.65. The van der Waals surface area contributed by atoms with Crippen molar-refractivity contribution in [2.24, 2.45) is 5.92 Å². The van der Waals surface area contributed by atoms with Gasteiger partial charge in [-0.2, -0.15) is 0 Å². The molecule has 3 amide bonds. The monoisotopic (exact) mass is 371 g/mol. The van der Waals surface area contributed by atoms with Crippen molar-refractivity contribution in [3.63, 3.8) is 0 Å². The van der Waals surface area contributed by atoms with Crippen molar-refractivity contribution in [3.8, 4) is 0 Å². The Morgan fingerprint density at radius 2 is 1.81 bits per heavy atom. The normalized spacial score (nSPS) is 10.7. The molecule has 1 heterocycles. The van der Waals surface area contributed by atoms with Gasteiger partial charge in [-0.1, -0.05) is 19.9 Å². The first kappa shape index (κ1) is 19.4. The summed E-state index contributed by atoms with van der Waals surface area (Å²) in [5, 5.41) is 4.68. The number of hydrogen-bond donors (Lipinski definition) is 3. The van der Waals surface area contributed by atoms with Crippen molar-refractivity contribution in [2.45, 2.75) is 20.3 Å². The first-order valence-corrected chi connectivity index (χ1v) is 9.04. The fraction of sp³-hybridized carbons (Fsp3) is 0.211. The molecule has 0 saturated heterocycles. The Bertz CT molecular complexity index is 781. The zero-order valence-corrected chi connectivity index (χ0v) is 15.4. The number of benzene rings is 1. The van der Waals surface area contributed by atoms with E-state index in [9.17, 15) is 14.4 Å². The van der Waals surface area contributed by atoms with Crippen LogP contribution in [0, 0.1) is 5.92 Å². The minimum atomic E-state index is -0.442. The highest BCUT2D eigenvalue weighted by molar-refractivity contribution is 7.10. The van der Waals surface area contributed by atoms with Crippen molar-refractivity contribution in [1.29, 1.82) is 0 Å². The van der Waals surface area contributed by atoms with Gasteiger partial charge in [0.15, 0.2) is 0 Å². The van der Waals surface area contributed by atoms with E-state index < -0.39 is 11.8 Å². The number of amides is 3. The summed E-state index contributed by atoms with van der Waals surface area (Å²) in [5.74, 6) is -0.660. The number of anilines is 1. The molecule has 2 rings (SSSR count). The Balaban J connectivity index is 1.82. The number of carbonyl (C=O) groups excluding carboxylic acids is 3. The third kappa shape index (κ3) is 6.52. The predicted molar refractivity (Wildman–Crippen MR) is 103 cm³/mol. The van der Waals surface area contributed by atoms with Gasteiger partial charge in [-0.05, 0) is 47.7 Å². The number of hydrazine groups is 1. The van der Waals surface area contributed by atoms with Gasteiger partial charge in [-0.15, -0.1) is 11.3 Å². The van der Waals surface area contributed by atoms with E-state index in [0.29, 0.717) is 17.7 Å². The Labute approximate surface area is 156 Å². The maximum absolute atomic E-state index is 12.0. The molecule has 2 aromatic rings. The fourth-order valence-electron chi connectivity index (χ4n) is 2.06. The van der Waals surface area contributed by atoms with Gasteiger partial charge in [-0.3, -0.25) is 25.2 Å². The molecule has 7 heteroatoms. The molecule has 0 aliphatic heterocycles. The van der Waals surface area contributed by atoms with E-state index in [-0.39, 0.29) is 11.8 Å². The first-order chi connectivity index (χ1) is 12.4. The second kappa shape index (κ2) is 9.53. The molecule has 3 N–H and O–H groups in total. The number of hydrogen-bond acceptors (Lipinski definition) is 4. The summed E-state index contributed by atoms with van der Waals surface area (Å²) in [6.45, 7) is 3.94. The molecule has 1 aromatic carbocycles. The summed E-state index contributed by atoms with van der Waals surface area (Å²) < 4.78 is 0. The number of carbonyl (C=O) groups is 3. The van der Waals surface area contributed by atoms with Crippen molar-refractivity contribution in [2.75, 3.05) is 5.32 Å². The van der Waals surface area contributed by atoms with Crippen molar-refractivity contribution in [3.05, 3.63) is 58.3 Å². The van der Waals surface area contributed by atoms with Crippen LogP contribution in [0.15, 0.2) is 47.9 Å². The lowest BCUT2D eigenvalue weighted by molar-refractivity contribution is -0.117. The van der Waals surface area contributed by atoms with Crippen LogP contribution in [0.4, 0.5) is 5.69 Å². The van der Waals surface area contributed by atoms with E-state index in [0.717, 1.165) is 4.88 Å². The third-order valence-corrected chi connectivity index (χ3v) is 4.10. The van der Waals surface area contributed by atoms with Crippen molar-refractivity contribution in [1.82, 2.24) is 10.9 Å².